The predicted molar refractivity (Wildman–Crippen MR) is 123 cm³/mol. The molecule has 1 aromatic carbocycles. The van der Waals surface area contributed by atoms with Crippen molar-refractivity contribution in [2.75, 3.05) is 39.1 Å². The second kappa shape index (κ2) is 11.4. The van der Waals surface area contributed by atoms with E-state index in [1.165, 1.54) is 13.2 Å². The number of methoxy groups -OCH3 is 1. The molecule has 2 atom stereocenters. The van der Waals surface area contributed by atoms with Crippen molar-refractivity contribution in [1.29, 1.82) is 0 Å². The molecule has 0 bridgehead atoms. The van der Waals surface area contributed by atoms with Gasteiger partial charge in [0.05, 0.1) is 12.8 Å². The fraction of sp³-hybridized carbons (Fsp3) is 0.545. The van der Waals surface area contributed by atoms with Crippen LogP contribution in [0.2, 0.25) is 0 Å². The van der Waals surface area contributed by atoms with Gasteiger partial charge in [-0.1, -0.05) is 18.2 Å². The molecule has 0 heterocycles. The van der Waals surface area contributed by atoms with E-state index < -0.39 is 21.5 Å². The summed E-state index contributed by atoms with van der Waals surface area (Å²) in [7, 11) is -0.681. The zero-order chi connectivity index (χ0) is 23.8. The van der Waals surface area contributed by atoms with Crippen molar-refractivity contribution in [2.45, 2.75) is 42.5 Å². The van der Waals surface area contributed by atoms with Crippen LogP contribution in [0.1, 0.15) is 32.1 Å². The number of hydrogen-bond donors (Lipinski definition) is 3. The Kier molecular flexibility index (Phi) is 9.23. The first-order valence-corrected chi connectivity index (χ1v) is 12.2. The molecule has 1 aromatic rings. The van der Waals surface area contributed by atoms with E-state index >= 15 is 0 Å². The van der Waals surface area contributed by atoms with Gasteiger partial charge in [-0.15, -0.1) is 6.58 Å². The number of hydrogen-bond acceptors (Lipinski definition) is 8. The third-order valence-corrected chi connectivity index (χ3v) is 6.99. The fourth-order valence-electron chi connectivity index (χ4n) is 3.42. The molecule has 0 unspecified atom stereocenters. The summed E-state index contributed by atoms with van der Waals surface area (Å²) < 4.78 is 32.3. The van der Waals surface area contributed by atoms with E-state index in [1.54, 1.807) is 24.3 Å². The molecular formula is C22H34N4O5S. The number of para-hydroxylation sites is 1. The molecule has 10 heteroatoms. The van der Waals surface area contributed by atoms with Gasteiger partial charge >= 0.3 is 5.97 Å². The number of amides is 1. The van der Waals surface area contributed by atoms with Crippen LogP contribution in [0.5, 0.6) is 0 Å². The Balaban J connectivity index is 1.81. The van der Waals surface area contributed by atoms with Crippen molar-refractivity contribution in [3.63, 3.8) is 0 Å². The van der Waals surface area contributed by atoms with E-state index in [0.29, 0.717) is 25.1 Å². The molecule has 2 rings (SSSR count). The van der Waals surface area contributed by atoms with Crippen molar-refractivity contribution in [3.05, 3.63) is 36.9 Å². The lowest BCUT2D eigenvalue weighted by Gasteiger charge is -2.17. The maximum atomic E-state index is 12.8. The molecule has 178 valence electrons. The van der Waals surface area contributed by atoms with E-state index in [-0.39, 0.29) is 16.8 Å². The highest BCUT2D eigenvalue weighted by molar-refractivity contribution is 7.90. The summed E-state index contributed by atoms with van der Waals surface area (Å²) in [6, 6.07) is 6.46. The number of nitrogens with zero attached hydrogens (tertiary/aromatic N) is 1. The minimum absolute atomic E-state index is 0.00711. The Hall–Kier alpha value is -2.43. The summed E-state index contributed by atoms with van der Waals surface area (Å²) in [6.45, 7) is 5.86. The van der Waals surface area contributed by atoms with Crippen LogP contribution in [0.15, 0.2) is 41.8 Å². The van der Waals surface area contributed by atoms with Crippen LogP contribution < -0.4 is 15.8 Å². The van der Waals surface area contributed by atoms with E-state index in [4.69, 9.17) is 5.73 Å². The van der Waals surface area contributed by atoms with Gasteiger partial charge in [-0.25, -0.2) is 13.1 Å². The summed E-state index contributed by atoms with van der Waals surface area (Å²) in [5, 5.41) is 3.15. The minimum Gasteiger partial charge on any atom is -0.469 e. The van der Waals surface area contributed by atoms with Gasteiger partial charge in [0.25, 0.3) is 15.9 Å². The van der Waals surface area contributed by atoms with E-state index in [2.05, 4.69) is 26.3 Å². The van der Waals surface area contributed by atoms with Crippen LogP contribution in [0.25, 0.3) is 0 Å². The first kappa shape index (κ1) is 25.8. The van der Waals surface area contributed by atoms with Crippen molar-refractivity contribution in [2.24, 2.45) is 11.7 Å². The van der Waals surface area contributed by atoms with E-state index in [0.717, 1.165) is 32.4 Å². The molecule has 32 heavy (non-hydrogen) atoms. The number of esters is 1. The van der Waals surface area contributed by atoms with Gasteiger partial charge in [-0.2, -0.15) is 0 Å². The highest BCUT2D eigenvalue weighted by Crippen LogP contribution is 2.42. The van der Waals surface area contributed by atoms with Crippen molar-refractivity contribution in [3.8, 4) is 0 Å². The van der Waals surface area contributed by atoms with Crippen LogP contribution in [0.4, 0.5) is 5.69 Å². The number of nitrogens with one attached hydrogen (secondary N) is 2. The summed E-state index contributed by atoms with van der Waals surface area (Å²) in [5.74, 6) is -1.14. The van der Waals surface area contributed by atoms with Gasteiger partial charge < -0.3 is 20.7 Å². The molecule has 1 aliphatic carbocycles. The molecular weight excluding hydrogens is 432 g/mol. The number of benzene rings is 1. The van der Waals surface area contributed by atoms with Crippen molar-refractivity contribution in [1.82, 2.24) is 9.62 Å². The monoisotopic (exact) mass is 466 g/mol. The molecule has 0 aromatic heterocycles. The Labute approximate surface area is 190 Å². The fourth-order valence-corrected chi connectivity index (χ4v) is 4.65. The number of carbonyl (C=O) groups is 2. The molecule has 0 spiro atoms. The second-order valence-electron chi connectivity index (χ2n) is 8.13. The Morgan fingerprint density at radius 2 is 1.97 bits per heavy atom. The van der Waals surface area contributed by atoms with Crippen molar-refractivity contribution >= 4 is 27.6 Å². The molecule has 1 saturated carbocycles. The maximum absolute atomic E-state index is 12.8. The predicted octanol–water partition coefficient (Wildman–Crippen LogP) is 1.47. The standard InChI is InChI=1S/C22H34N4O5S/c1-4-17-16-22(17,23)21(28)25-32(29,30)19-11-6-5-10-18(19)24-13-7-8-14-26(2)15-9-12-20(27)31-3/h4-6,10-11,17,24H,1,7-9,12-16,23H2,2-3H3,(H,25,28)/t17-,22-/m1/s1. The largest absolute Gasteiger partial charge is 0.469 e. The summed E-state index contributed by atoms with van der Waals surface area (Å²) in [5.41, 5.74) is 5.19. The van der Waals surface area contributed by atoms with Gasteiger partial charge in [0.2, 0.25) is 0 Å². The Morgan fingerprint density at radius 1 is 1.28 bits per heavy atom. The molecule has 0 radical (unpaired) electrons. The van der Waals surface area contributed by atoms with Gasteiger partial charge in [0.15, 0.2) is 0 Å². The third kappa shape index (κ3) is 7.04. The summed E-state index contributed by atoms with van der Waals surface area (Å²) >= 11 is 0. The van der Waals surface area contributed by atoms with Crippen molar-refractivity contribution < 1.29 is 22.7 Å². The number of carbonyl (C=O) groups excluding carboxylic acids is 2. The molecule has 1 aliphatic rings. The summed E-state index contributed by atoms with van der Waals surface area (Å²) in [4.78, 5) is 25.7. The first-order chi connectivity index (χ1) is 15.1. The number of unbranched alkanes of at least 4 members (excludes halogenated alkanes) is 1. The smallest absolute Gasteiger partial charge is 0.305 e. The SMILES string of the molecule is C=C[C@@H]1C[C@]1(N)C(=O)NS(=O)(=O)c1ccccc1NCCCCN(C)CCCC(=O)OC. The second-order valence-corrected chi connectivity index (χ2v) is 9.79. The maximum Gasteiger partial charge on any atom is 0.305 e. The van der Waals surface area contributed by atoms with Gasteiger partial charge in [-0.05, 0) is 58.0 Å². The highest BCUT2D eigenvalue weighted by Gasteiger charge is 2.56. The highest BCUT2D eigenvalue weighted by atomic mass is 32.2. The number of anilines is 1. The zero-order valence-electron chi connectivity index (χ0n) is 18.8. The van der Waals surface area contributed by atoms with Gasteiger partial charge in [0.1, 0.15) is 10.4 Å². The average Bonchev–Trinajstić information content (AvgIpc) is 3.45. The normalized spacial score (nSPS) is 19.9. The number of ether oxygens (including phenoxy) is 1. The Bertz CT molecular complexity index is 921. The number of rotatable bonds is 14. The molecule has 0 aliphatic heterocycles. The molecule has 1 amide bonds. The van der Waals surface area contributed by atoms with Crippen LogP contribution in [-0.2, 0) is 24.3 Å². The van der Waals surface area contributed by atoms with Crippen LogP contribution in [0.3, 0.4) is 0 Å². The quantitative estimate of drug-likeness (QED) is 0.213. The molecule has 0 saturated heterocycles. The van der Waals surface area contributed by atoms with Crippen LogP contribution in [0, 0.1) is 5.92 Å². The number of sulfonamides is 1. The van der Waals surface area contributed by atoms with Gasteiger partial charge in [0, 0.05) is 18.9 Å². The average molecular weight is 467 g/mol. The molecule has 1 fully saturated rings. The first-order valence-electron chi connectivity index (χ1n) is 10.7. The lowest BCUT2D eigenvalue weighted by Crippen LogP contribution is -2.46. The lowest BCUT2D eigenvalue weighted by atomic mass is 10.2. The van der Waals surface area contributed by atoms with E-state index in [9.17, 15) is 18.0 Å². The Morgan fingerprint density at radius 3 is 2.62 bits per heavy atom. The zero-order valence-corrected chi connectivity index (χ0v) is 19.6. The van der Waals surface area contributed by atoms with Gasteiger partial charge in [-0.3, -0.25) is 9.59 Å². The number of nitrogens with two attached hydrogens (primary N) is 1. The summed E-state index contributed by atoms with van der Waals surface area (Å²) in [6.07, 6.45) is 4.84. The molecule has 4 N–H and O–H groups in total. The third-order valence-electron chi connectivity index (χ3n) is 5.60. The van der Waals surface area contributed by atoms with Crippen LogP contribution >= 0.6 is 0 Å². The lowest BCUT2D eigenvalue weighted by molar-refractivity contribution is -0.140. The topological polar surface area (TPSA) is 131 Å². The van der Waals surface area contributed by atoms with Crippen LogP contribution in [-0.4, -0.2) is 64.5 Å². The molecule has 9 nitrogen and oxygen atoms in total. The minimum atomic E-state index is -4.06. The van der Waals surface area contributed by atoms with E-state index in [1.807, 2.05) is 7.05 Å².